The van der Waals surface area contributed by atoms with E-state index in [4.69, 9.17) is 10.8 Å². The second kappa shape index (κ2) is 10.3. The minimum absolute atomic E-state index is 0.246. The lowest BCUT2D eigenvalue weighted by Crippen LogP contribution is -2.42. The number of esters is 1. The molecule has 0 heterocycles. The molecule has 0 fully saturated rings. The third-order valence-electron chi connectivity index (χ3n) is 2.59. The van der Waals surface area contributed by atoms with Gasteiger partial charge in [-0.15, -0.1) is 0 Å². The highest BCUT2D eigenvalue weighted by molar-refractivity contribution is 5.87. The van der Waals surface area contributed by atoms with Gasteiger partial charge in [-0.05, 0) is 19.4 Å². The number of nitrogens with one attached hydrogen (secondary N) is 1. The predicted octanol–water partition coefficient (Wildman–Crippen LogP) is 0.0281. The fourth-order valence-electron chi connectivity index (χ4n) is 1.50. The zero-order valence-electron chi connectivity index (χ0n) is 11.2. The highest BCUT2D eigenvalue weighted by atomic mass is 16.5. The van der Waals surface area contributed by atoms with Crippen molar-refractivity contribution in [1.29, 1.82) is 0 Å². The van der Waals surface area contributed by atoms with Crippen LogP contribution in [0.25, 0.3) is 0 Å². The smallest absolute Gasteiger partial charge is 0.326 e. The molecule has 0 rings (SSSR count). The third kappa shape index (κ3) is 9.01. The highest BCUT2D eigenvalue weighted by Crippen LogP contribution is 2.03. The molecule has 0 aromatic heterocycles. The Kier molecular flexibility index (Phi) is 9.42. The van der Waals surface area contributed by atoms with Crippen molar-refractivity contribution in [2.75, 3.05) is 13.7 Å². The molecule has 4 N–H and O–H groups in total. The van der Waals surface area contributed by atoms with E-state index in [9.17, 15) is 14.4 Å². The summed E-state index contributed by atoms with van der Waals surface area (Å²) in [5.41, 5.74) is 5.34. The maximum atomic E-state index is 11.5. The Morgan fingerprint density at radius 2 is 1.84 bits per heavy atom. The average Bonchev–Trinajstić information content (AvgIpc) is 2.37. The summed E-state index contributed by atoms with van der Waals surface area (Å²) in [6.07, 6.45) is 3.30. The summed E-state index contributed by atoms with van der Waals surface area (Å²) in [6.45, 7) is 0.631. The first-order valence-corrected chi connectivity index (χ1v) is 6.30. The lowest BCUT2D eigenvalue weighted by Gasteiger charge is -2.13. The van der Waals surface area contributed by atoms with Crippen molar-refractivity contribution in [2.45, 2.75) is 44.6 Å². The van der Waals surface area contributed by atoms with Crippen LogP contribution in [0.4, 0.5) is 0 Å². The summed E-state index contributed by atoms with van der Waals surface area (Å²) >= 11 is 0. The minimum Gasteiger partial charge on any atom is -0.480 e. The molecule has 0 saturated carbocycles. The van der Waals surface area contributed by atoms with E-state index < -0.39 is 18.0 Å². The fourth-order valence-corrected chi connectivity index (χ4v) is 1.50. The molecule has 110 valence electrons. The molecule has 1 amide bonds. The van der Waals surface area contributed by atoms with Crippen LogP contribution in [0, 0.1) is 0 Å². The van der Waals surface area contributed by atoms with Crippen molar-refractivity contribution < 1.29 is 24.2 Å². The number of methoxy groups -OCH3 is 1. The predicted molar refractivity (Wildman–Crippen MR) is 68.3 cm³/mol. The van der Waals surface area contributed by atoms with Gasteiger partial charge >= 0.3 is 11.9 Å². The number of hydrogen-bond donors (Lipinski definition) is 3. The van der Waals surface area contributed by atoms with Crippen LogP contribution < -0.4 is 11.1 Å². The topological polar surface area (TPSA) is 119 Å². The highest BCUT2D eigenvalue weighted by Gasteiger charge is 2.23. The Balaban J connectivity index is 3.97. The Hall–Kier alpha value is -1.63. The van der Waals surface area contributed by atoms with Crippen LogP contribution in [0.15, 0.2) is 0 Å². The molecule has 0 saturated heterocycles. The van der Waals surface area contributed by atoms with Gasteiger partial charge in [-0.1, -0.05) is 12.8 Å². The number of unbranched alkanes of at least 4 members (excludes halogenated alkanes) is 3. The Bertz CT molecular complexity index is 306. The van der Waals surface area contributed by atoms with Gasteiger partial charge in [0.25, 0.3) is 0 Å². The number of carbonyl (C=O) groups is 3. The number of amides is 1. The maximum Gasteiger partial charge on any atom is 0.326 e. The Labute approximate surface area is 112 Å². The molecule has 1 atom stereocenters. The average molecular weight is 274 g/mol. The Morgan fingerprint density at radius 3 is 2.37 bits per heavy atom. The summed E-state index contributed by atoms with van der Waals surface area (Å²) in [6, 6.07) is -1.23. The molecule has 0 aromatic rings. The molecule has 7 heteroatoms. The van der Waals surface area contributed by atoms with Gasteiger partial charge in [0.2, 0.25) is 5.91 Å². The van der Waals surface area contributed by atoms with Crippen molar-refractivity contribution in [2.24, 2.45) is 5.73 Å². The van der Waals surface area contributed by atoms with E-state index >= 15 is 0 Å². The van der Waals surface area contributed by atoms with Crippen LogP contribution in [0.2, 0.25) is 0 Å². The van der Waals surface area contributed by atoms with Gasteiger partial charge in [-0.25, -0.2) is 4.79 Å². The van der Waals surface area contributed by atoms with Gasteiger partial charge in [0.15, 0.2) is 0 Å². The van der Waals surface area contributed by atoms with Gasteiger partial charge < -0.3 is 20.9 Å². The summed E-state index contributed by atoms with van der Waals surface area (Å²) in [4.78, 5) is 33.4. The van der Waals surface area contributed by atoms with E-state index in [1.807, 2.05) is 0 Å². The van der Waals surface area contributed by atoms with E-state index in [0.29, 0.717) is 13.0 Å². The monoisotopic (exact) mass is 274 g/mol. The third-order valence-corrected chi connectivity index (χ3v) is 2.59. The van der Waals surface area contributed by atoms with E-state index in [0.717, 1.165) is 19.3 Å². The lowest BCUT2D eigenvalue weighted by molar-refractivity contribution is -0.148. The first kappa shape index (κ1) is 17.4. The first-order valence-electron chi connectivity index (χ1n) is 6.30. The number of aliphatic carboxylic acids is 1. The van der Waals surface area contributed by atoms with E-state index in [1.54, 1.807) is 0 Å². The van der Waals surface area contributed by atoms with Crippen LogP contribution in [-0.2, 0) is 19.1 Å². The van der Waals surface area contributed by atoms with Gasteiger partial charge in [0.05, 0.1) is 13.5 Å². The first-order chi connectivity index (χ1) is 9.01. The number of carboxylic acids is 1. The van der Waals surface area contributed by atoms with Crippen molar-refractivity contribution in [1.82, 2.24) is 5.32 Å². The SMILES string of the molecule is COC(=O)C[C@H](NC(=O)CCCCCCN)C(=O)O. The summed E-state index contributed by atoms with van der Waals surface area (Å²) in [5.74, 6) is -2.29. The number of hydrogen-bond acceptors (Lipinski definition) is 5. The molecule has 0 radical (unpaired) electrons. The van der Waals surface area contributed by atoms with Gasteiger partial charge in [0, 0.05) is 6.42 Å². The van der Waals surface area contributed by atoms with Crippen molar-refractivity contribution >= 4 is 17.8 Å². The largest absolute Gasteiger partial charge is 0.480 e. The quantitative estimate of drug-likeness (QED) is 0.382. The minimum atomic E-state index is -1.25. The fraction of sp³-hybridized carbons (Fsp3) is 0.750. The van der Waals surface area contributed by atoms with Crippen molar-refractivity contribution in [3.05, 3.63) is 0 Å². The molecule has 0 aliphatic rings. The number of rotatable bonds is 10. The normalized spacial score (nSPS) is 11.7. The number of ether oxygens (including phenoxy) is 1. The van der Waals surface area contributed by atoms with Crippen LogP contribution in [0.5, 0.6) is 0 Å². The van der Waals surface area contributed by atoms with Gasteiger partial charge in [-0.2, -0.15) is 0 Å². The standard InChI is InChI=1S/C12H22N2O5/c1-19-11(16)8-9(12(17)18)14-10(15)6-4-2-3-5-7-13/h9H,2-8,13H2,1H3,(H,14,15)(H,17,18)/t9-/m0/s1. The van der Waals surface area contributed by atoms with Crippen LogP contribution in [-0.4, -0.2) is 42.6 Å². The second-order valence-electron chi connectivity index (χ2n) is 4.19. The summed E-state index contributed by atoms with van der Waals surface area (Å²) in [5, 5.41) is 11.2. The zero-order valence-corrected chi connectivity index (χ0v) is 11.2. The summed E-state index contributed by atoms with van der Waals surface area (Å²) in [7, 11) is 1.17. The van der Waals surface area contributed by atoms with Crippen LogP contribution in [0.3, 0.4) is 0 Å². The van der Waals surface area contributed by atoms with E-state index in [1.165, 1.54) is 7.11 Å². The molecule has 0 unspecified atom stereocenters. The molecule has 0 spiro atoms. The maximum absolute atomic E-state index is 11.5. The molecule has 0 aliphatic heterocycles. The molecular formula is C12H22N2O5. The van der Waals surface area contributed by atoms with Crippen molar-refractivity contribution in [3.63, 3.8) is 0 Å². The van der Waals surface area contributed by atoms with Gasteiger partial charge in [0.1, 0.15) is 6.04 Å². The molecule has 19 heavy (non-hydrogen) atoms. The Morgan fingerprint density at radius 1 is 1.21 bits per heavy atom. The molecule has 0 aliphatic carbocycles. The molecule has 0 bridgehead atoms. The van der Waals surface area contributed by atoms with Crippen molar-refractivity contribution in [3.8, 4) is 0 Å². The van der Waals surface area contributed by atoms with Crippen LogP contribution >= 0.6 is 0 Å². The summed E-state index contributed by atoms with van der Waals surface area (Å²) < 4.78 is 4.37. The lowest BCUT2D eigenvalue weighted by atomic mass is 10.1. The zero-order chi connectivity index (χ0) is 14.7. The van der Waals surface area contributed by atoms with Gasteiger partial charge in [-0.3, -0.25) is 9.59 Å². The van der Waals surface area contributed by atoms with E-state index in [-0.39, 0.29) is 18.7 Å². The number of nitrogens with two attached hydrogens (primary N) is 1. The number of carboxylic acid groups (broad SMARTS) is 1. The molecule has 0 aromatic carbocycles. The molecule has 7 nitrogen and oxygen atoms in total. The number of carbonyl (C=O) groups excluding carboxylic acids is 2. The van der Waals surface area contributed by atoms with E-state index in [2.05, 4.69) is 10.1 Å². The van der Waals surface area contributed by atoms with Crippen LogP contribution in [0.1, 0.15) is 38.5 Å². The molecular weight excluding hydrogens is 252 g/mol. The second-order valence-corrected chi connectivity index (χ2v) is 4.19.